The van der Waals surface area contributed by atoms with Gasteiger partial charge in [-0.15, -0.1) is 0 Å². The Hall–Kier alpha value is -1.27. The third kappa shape index (κ3) is 2.86. The zero-order valence-electron chi connectivity index (χ0n) is 9.07. The minimum atomic E-state index is -1.08. The van der Waals surface area contributed by atoms with Gasteiger partial charge in [0.05, 0.1) is 11.8 Å². The molecule has 0 spiro atoms. The predicted octanol–water partition coefficient (Wildman–Crippen LogP) is 1.17. The predicted molar refractivity (Wildman–Crippen MR) is 58.6 cm³/mol. The summed E-state index contributed by atoms with van der Waals surface area (Å²) >= 11 is 5.86. The number of hydrogen-bond donors (Lipinski definition) is 3. The number of amides is 1. The second kappa shape index (κ2) is 5.18. The number of carbonyl (C=O) groups is 1. The van der Waals surface area contributed by atoms with Gasteiger partial charge in [-0.1, -0.05) is 11.6 Å². The van der Waals surface area contributed by atoms with Crippen LogP contribution in [0.5, 0.6) is 0 Å². The monoisotopic (exact) mass is 247 g/mol. The molecular weight excluding hydrogens is 234 g/mol. The van der Waals surface area contributed by atoms with Crippen LogP contribution >= 0.6 is 11.6 Å². The largest absolute Gasteiger partial charge is 0.465 e. The van der Waals surface area contributed by atoms with Crippen molar-refractivity contribution in [2.24, 2.45) is 0 Å². The molecule has 6 nitrogen and oxygen atoms in total. The van der Waals surface area contributed by atoms with Crippen molar-refractivity contribution in [3.63, 3.8) is 0 Å². The fourth-order valence-electron chi connectivity index (χ4n) is 1.50. The average Bonchev–Trinajstić information content (AvgIpc) is 2.40. The van der Waals surface area contributed by atoms with Crippen molar-refractivity contribution in [3.05, 3.63) is 16.7 Å². The van der Waals surface area contributed by atoms with Crippen LogP contribution in [0.15, 0.2) is 0 Å². The number of carboxylic acid groups (broad SMARTS) is 1. The number of aromatic nitrogens is 2. The Bertz CT molecular complexity index is 390. The summed E-state index contributed by atoms with van der Waals surface area (Å²) in [4.78, 5) is 14.3. The second-order valence-corrected chi connectivity index (χ2v) is 3.75. The smallest absolute Gasteiger partial charge is 0.404 e. The Morgan fingerprint density at radius 1 is 1.69 bits per heavy atom. The maximum atomic E-state index is 10.3. The van der Waals surface area contributed by atoms with E-state index in [2.05, 4.69) is 10.3 Å². The van der Waals surface area contributed by atoms with E-state index in [-0.39, 0.29) is 11.7 Å². The van der Waals surface area contributed by atoms with Crippen LogP contribution in [-0.4, -0.2) is 32.4 Å². The third-order valence-electron chi connectivity index (χ3n) is 2.16. The standard InChI is InChI=1S/C9H14ClN3O3/c1-5(14)7-8(10)12-6(2)13(7)4-3-11-9(15)16/h5,11,14H,3-4H2,1-2H3,(H,15,16). The summed E-state index contributed by atoms with van der Waals surface area (Å²) in [5.74, 6) is 0.646. The molecule has 0 saturated carbocycles. The molecule has 0 fully saturated rings. The molecule has 1 amide bonds. The summed E-state index contributed by atoms with van der Waals surface area (Å²) in [6.07, 6.45) is -1.82. The molecule has 0 bridgehead atoms. The van der Waals surface area contributed by atoms with Crippen molar-refractivity contribution in [2.45, 2.75) is 26.5 Å². The SMILES string of the molecule is Cc1nc(Cl)c(C(C)O)n1CCNC(=O)O. The van der Waals surface area contributed by atoms with Gasteiger partial charge in [0.1, 0.15) is 5.82 Å². The number of aliphatic hydroxyl groups excluding tert-OH is 1. The maximum Gasteiger partial charge on any atom is 0.404 e. The first-order valence-corrected chi connectivity index (χ1v) is 5.18. The molecule has 1 aromatic rings. The lowest BCUT2D eigenvalue weighted by molar-refractivity contribution is 0.187. The van der Waals surface area contributed by atoms with Gasteiger partial charge in [0.25, 0.3) is 0 Å². The zero-order chi connectivity index (χ0) is 12.3. The first kappa shape index (κ1) is 12.8. The van der Waals surface area contributed by atoms with Crippen molar-refractivity contribution < 1.29 is 15.0 Å². The van der Waals surface area contributed by atoms with Crippen LogP contribution in [0.1, 0.15) is 24.5 Å². The Labute approximate surface area is 97.9 Å². The summed E-state index contributed by atoms with van der Waals surface area (Å²) in [6, 6.07) is 0. The molecule has 1 aromatic heterocycles. The van der Waals surface area contributed by atoms with Gasteiger partial charge in [0, 0.05) is 13.1 Å². The molecule has 0 aromatic carbocycles. The van der Waals surface area contributed by atoms with Gasteiger partial charge in [-0.05, 0) is 13.8 Å². The summed E-state index contributed by atoms with van der Waals surface area (Å²) in [7, 11) is 0. The Balaban J connectivity index is 2.81. The molecule has 90 valence electrons. The molecule has 1 atom stereocenters. The molecule has 3 N–H and O–H groups in total. The third-order valence-corrected chi connectivity index (χ3v) is 2.44. The molecule has 0 aliphatic heterocycles. The summed E-state index contributed by atoms with van der Waals surface area (Å²) in [6.45, 7) is 3.96. The average molecular weight is 248 g/mol. The van der Waals surface area contributed by atoms with E-state index >= 15 is 0 Å². The topological polar surface area (TPSA) is 87.4 Å². The van der Waals surface area contributed by atoms with Crippen LogP contribution in [-0.2, 0) is 6.54 Å². The molecule has 0 aliphatic rings. The van der Waals surface area contributed by atoms with Crippen LogP contribution < -0.4 is 5.32 Å². The van der Waals surface area contributed by atoms with Crippen LogP contribution in [0.2, 0.25) is 5.15 Å². The number of imidazole rings is 1. The van der Waals surface area contributed by atoms with E-state index in [0.717, 1.165) is 0 Å². The molecular formula is C9H14ClN3O3. The van der Waals surface area contributed by atoms with E-state index in [0.29, 0.717) is 18.1 Å². The first-order valence-electron chi connectivity index (χ1n) is 4.81. The highest BCUT2D eigenvalue weighted by molar-refractivity contribution is 6.30. The number of rotatable bonds is 4. The Morgan fingerprint density at radius 3 is 2.81 bits per heavy atom. The lowest BCUT2D eigenvalue weighted by Crippen LogP contribution is -2.26. The fraction of sp³-hybridized carbons (Fsp3) is 0.556. The minimum Gasteiger partial charge on any atom is -0.465 e. The van der Waals surface area contributed by atoms with Crippen molar-refractivity contribution >= 4 is 17.7 Å². The lowest BCUT2D eigenvalue weighted by Gasteiger charge is -2.12. The number of aliphatic hydroxyl groups is 1. The van der Waals surface area contributed by atoms with Crippen molar-refractivity contribution in [1.82, 2.24) is 14.9 Å². The van der Waals surface area contributed by atoms with Gasteiger partial charge in [-0.3, -0.25) is 0 Å². The number of aryl methyl sites for hydroxylation is 1. The first-order chi connectivity index (χ1) is 7.43. The molecule has 1 rings (SSSR count). The quantitative estimate of drug-likeness (QED) is 0.745. The summed E-state index contributed by atoms with van der Waals surface area (Å²) < 4.78 is 1.70. The second-order valence-electron chi connectivity index (χ2n) is 3.39. The highest BCUT2D eigenvalue weighted by atomic mass is 35.5. The highest BCUT2D eigenvalue weighted by Crippen LogP contribution is 2.23. The Kier molecular flexibility index (Phi) is 4.14. The lowest BCUT2D eigenvalue weighted by atomic mass is 10.3. The van der Waals surface area contributed by atoms with E-state index in [1.54, 1.807) is 18.4 Å². The van der Waals surface area contributed by atoms with E-state index in [4.69, 9.17) is 16.7 Å². The minimum absolute atomic E-state index is 0.239. The van der Waals surface area contributed by atoms with Gasteiger partial charge in [0.15, 0.2) is 5.15 Å². The van der Waals surface area contributed by atoms with Crippen molar-refractivity contribution in [3.8, 4) is 0 Å². The normalized spacial score (nSPS) is 12.5. The van der Waals surface area contributed by atoms with Crippen molar-refractivity contribution in [2.75, 3.05) is 6.54 Å². The van der Waals surface area contributed by atoms with E-state index < -0.39 is 12.2 Å². The molecule has 1 heterocycles. The molecule has 0 aliphatic carbocycles. The van der Waals surface area contributed by atoms with Crippen LogP contribution in [0.25, 0.3) is 0 Å². The van der Waals surface area contributed by atoms with Gasteiger partial charge in [0.2, 0.25) is 0 Å². The highest BCUT2D eigenvalue weighted by Gasteiger charge is 2.16. The molecule has 1 unspecified atom stereocenters. The van der Waals surface area contributed by atoms with Crippen LogP contribution in [0, 0.1) is 6.92 Å². The van der Waals surface area contributed by atoms with Gasteiger partial charge in [-0.2, -0.15) is 0 Å². The van der Waals surface area contributed by atoms with E-state index in [1.807, 2.05) is 0 Å². The van der Waals surface area contributed by atoms with Gasteiger partial charge in [-0.25, -0.2) is 9.78 Å². The van der Waals surface area contributed by atoms with Crippen molar-refractivity contribution in [1.29, 1.82) is 0 Å². The van der Waals surface area contributed by atoms with E-state index in [1.165, 1.54) is 0 Å². The molecule has 0 radical (unpaired) electrons. The van der Waals surface area contributed by atoms with Crippen LogP contribution in [0.4, 0.5) is 4.79 Å². The number of hydrogen-bond acceptors (Lipinski definition) is 3. The van der Waals surface area contributed by atoms with Gasteiger partial charge >= 0.3 is 6.09 Å². The molecule has 16 heavy (non-hydrogen) atoms. The Morgan fingerprint density at radius 2 is 2.31 bits per heavy atom. The molecule has 0 saturated heterocycles. The maximum absolute atomic E-state index is 10.3. The van der Waals surface area contributed by atoms with E-state index in [9.17, 15) is 9.90 Å². The van der Waals surface area contributed by atoms with Gasteiger partial charge < -0.3 is 20.1 Å². The number of nitrogens with zero attached hydrogens (tertiary/aromatic N) is 2. The van der Waals surface area contributed by atoms with Crippen LogP contribution in [0.3, 0.4) is 0 Å². The number of nitrogens with one attached hydrogen (secondary N) is 1. The fourth-order valence-corrected chi connectivity index (χ4v) is 1.88. The zero-order valence-corrected chi connectivity index (χ0v) is 9.82. The molecule has 7 heteroatoms. The summed E-state index contributed by atoms with van der Waals surface area (Å²) in [5.41, 5.74) is 0.506. The number of halogens is 1. The summed E-state index contributed by atoms with van der Waals surface area (Å²) in [5, 5.41) is 20.5.